The third-order valence-corrected chi connectivity index (χ3v) is 2.71. The van der Waals surface area contributed by atoms with Crippen LogP contribution in [-0.2, 0) is 4.74 Å². The lowest BCUT2D eigenvalue weighted by Gasteiger charge is -2.09. The van der Waals surface area contributed by atoms with E-state index in [4.69, 9.17) is 10.00 Å². The molecule has 0 spiro atoms. The number of nitrogens with one attached hydrogen (secondary N) is 1. The molecule has 1 N–H and O–H groups in total. The van der Waals surface area contributed by atoms with E-state index in [1.165, 1.54) is 10.9 Å². The number of pyridine rings is 1. The fourth-order valence-corrected chi connectivity index (χ4v) is 1.65. The van der Waals surface area contributed by atoms with E-state index in [1.54, 1.807) is 24.4 Å². The lowest BCUT2D eigenvalue weighted by molar-refractivity contribution is 0.159. The molecule has 2 rings (SSSR count). The molecular formula is C14H15N5O2. The van der Waals surface area contributed by atoms with Crippen molar-refractivity contribution in [2.45, 2.75) is 19.8 Å². The number of aromatic nitrogens is 3. The number of nitriles is 1. The van der Waals surface area contributed by atoms with Crippen molar-refractivity contribution in [3.05, 3.63) is 36.2 Å². The molecule has 7 nitrogen and oxygen atoms in total. The standard InChI is InChI=1S/C14H15N5O2/c1-2-3-8-21-14(20)18-13-11(9-15)10-17-19(13)12-6-4-5-7-16-12/h4-7,10H,2-3,8H2,1H3,(H,18,20). The molecule has 0 atom stereocenters. The maximum Gasteiger partial charge on any atom is 0.412 e. The molecule has 2 heterocycles. The Hall–Kier alpha value is -2.88. The summed E-state index contributed by atoms with van der Waals surface area (Å²) in [5.41, 5.74) is 0.244. The molecule has 2 aromatic heterocycles. The van der Waals surface area contributed by atoms with Crippen molar-refractivity contribution in [2.24, 2.45) is 0 Å². The van der Waals surface area contributed by atoms with Crippen LogP contribution in [0.3, 0.4) is 0 Å². The zero-order valence-corrected chi connectivity index (χ0v) is 11.6. The molecule has 108 valence electrons. The van der Waals surface area contributed by atoms with Crippen molar-refractivity contribution in [2.75, 3.05) is 11.9 Å². The van der Waals surface area contributed by atoms with Gasteiger partial charge in [-0.2, -0.15) is 15.0 Å². The van der Waals surface area contributed by atoms with Gasteiger partial charge >= 0.3 is 6.09 Å². The van der Waals surface area contributed by atoms with E-state index < -0.39 is 6.09 Å². The SMILES string of the molecule is CCCCOC(=O)Nc1c(C#N)cnn1-c1ccccn1. The molecule has 0 unspecified atom stereocenters. The van der Waals surface area contributed by atoms with Crippen molar-refractivity contribution in [1.82, 2.24) is 14.8 Å². The maximum atomic E-state index is 11.7. The Kier molecular flexibility index (Phi) is 4.88. The smallest absolute Gasteiger partial charge is 0.412 e. The molecular weight excluding hydrogens is 270 g/mol. The third kappa shape index (κ3) is 3.57. The fraction of sp³-hybridized carbons (Fsp3) is 0.286. The molecule has 0 aliphatic carbocycles. The fourth-order valence-electron chi connectivity index (χ4n) is 1.65. The summed E-state index contributed by atoms with van der Waals surface area (Å²) >= 11 is 0. The number of hydrogen-bond donors (Lipinski definition) is 1. The Labute approximate surface area is 122 Å². The van der Waals surface area contributed by atoms with Gasteiger partial charge in [-0.15, -0.1) is 0 Å². The first kappa shape index (κ1) is 14.5. The second-order valence-corrected chi connectivity index (χ2v) is 4.23. The maximum absolute atomic E-state index is 11.7. The van der Waals surface area contributed by atoms with Gasteiger partial charge in [0.25, 0.3) is 0 Å². The van der Waals surface area contributed by atoms with Crippen molar-refractivity contribution in [3.8, 4) is 11.9 Å². The number of unbranched alkanes of at least 4 members (excludes halogenated alkanes) is 1. The van der Waals surface area contributed by atoms with Gasteiger partial charge < -0.3 is 4.74 Å². The number of amides is 1. The van der Waals surface area contributed by atoms with Gasteiger partial charge in [-0.25, -0.2) is 9.78 Å². The summed E-state index contributed by atoms with van der Waals surface area (Å²) in [6.45, 7) is 2.34. The quantitative estimate of drug-likeness (QED) is 0.852. The average molecular weight is 285 g/mol. The van der Waals surface area contributed by atoms with Gasteiger partial charge in [0.05, 0.1) is 12.8 Å². The number of carbonyl (C=O) groups is 1. The van der Waals surface area contributed by atoms with E-state index in [9.17, 15) is 4.79 Å². The lowest BCUT2D eigenvalue weighted by Crippen LogP contribution is -2.18. The number of anilines is 1. The first-order valence-electron chi connectivity index (χ1n) is 6.59. The van der Waals surface area contributed by atoms with Gasteiger partial charge in [-0.05, 0) is 18.6 Å². The summed E-state index contributed by atoms with van der Waals surface area (Å²) in [6, 6.07) is 7.26. The van der Waals surface area contributed by atoms with E-state index in [1.807, 2.05) is 13.0 Å². The van der Waals surface area contributed by atoms with Crippen LogP contribution in [0, 0.1) is 11.3 Å². The van der Waals surface area contributed by atoms with Crippen LogP contribution in [0.25, 0.3) is 5.82 Å². The van der Waals surface area contributed by atoms with Gasteiger partial charge in [0.2, 0.25) is 0 Å². The minimum atomic E-state index is -0.613. The van der Waals surface area contributed by atoms with Crippen LogP contribution in [0.4, 0.5) is 10.6 Å². The Morgan fingerprint density at radius 1 is 1.52 bits per heavy atom. The molecule has 2 aromatic rings. The number of hydrogen-bond acceptors (Lipinski definition) is 5. The van der Waals surface area contributed by atoms with Crippen molar-refractivity contribution in [1.29, 1.82) is 5.26 Å². The van der Waals surface area contributed by atoms with E-state index in [2.05, 4.69) is 15.4 Å². The van der Waals surface area contributed by atoms with Gasteiger partial charge in [0.1, 0.15) is 11.6 Å². The zero-order valence-electron chi connectivity index (χ0n) is 11.6. The average Bonchev–Trinajstić information content (AvgIpc) is 2.91. The summed E-state index contributed by atoms with van der Waals surface area (Å²) in [4.78, 5) is 15.9. The minimum absolute atomic E-state index is 0.244. The van der Waals surface area contributed by atoms with E-state index in [-0.39, 0.29) is 11.4 Å². The predicted octanol–water partition coefficient (Wildman–Crippen LogP) is 2.49. The summed E-state index contributed by atoms with van der Waals surface area (Å²) < 4.78 is 6.41. The van der Waals surface area contributed by atoms with Crippen LogP contribution in [0.2, 0.25) is 0 Å². The van der Waals surface area contributed by atoms with Crippen molar-refractivity contribution >= 4 is 11.9 Å². The van der Waals surface area contributed by atoms with Gasteiger partial charge in [-0.3, -0.25) is 5.32 Å². The first-order valence-corrected chi connectivity index (χ1v) is 6.59. The van der Waals surface area contributed by atoms with Gasteiger partial charge in [0, 0.05) is 6.20 Å². The lowest BCUT2D eigenvalue weighted by atomic mass is 10.3. The minimum Gasteiger partial charge on any atom is -0.449 e. The van der Waals surface area contributed by atoms with Crippen LogP contribution >= 0.6 is 0 Å². The number of rotatable bonds is 5. The summed E-state index contributed by atoms with van der Waals surface area (Å²) in [5.74, 6) is 0.751. The molecule has 7 heteroatoms. The predicted molar refractivity (Wildman–Crippen MR) is 76.0 cm³/mol. The van der Waals surface area contributed by atoms with Crippen LogP contribution in [0.1, 0.15) is 25.3 Å². The highest BCUT2D eigenvalue weighted by molar-refractivity contribution is 5.85. The van der Waals surface area contributed by atoms with Gasteiger partial charge in [-0.1, -0.05) is 19.4 Å². The molecule has 0 saturated carbocycles. The number of ether oxygens (including phenoxy) is 1. The second kappa shape index (κ2) is 7.05. The van der Waals surface area contributed by atoms with E-state index in [0.29, 0.717) is 12.4 Å². The molecule has 0 saturated heterocycles. The zero-order chi connectivity index (χ0) is 15.1. The van der Waals surface area contributed by atoms with Crippen molar-refractivity contribution in [3.63, 3.8) is 0 Å². The number of nitrogens with zero attached hydrogens (tertiary/aromatic N) is 4. The molecule has 21 heavy (non-hydrogen) atoms. The summed E-state index contributed by atoms with van der Waals surface area (Å²) in [5, 5.41) is 15.7. The van der Waals surface area contributed by atoms with E-state index >= 15 is 0 Å². The molecule has 0 aromatic carbocycles. The summed E-state index contributed by atoms with van der Waals surface area (Å²) in [6.07, 6.45) is 4.08. The van der Waals surface area contributed by atoms with Gasteiger partial charge in [0.15, 0.2) is 11.6 Å². The Morgan fingerprint density at radius 3 is 3.05 bits per heavy atom. The van der Waals surface area contributed by atoms with Crippen LogP contribution in [0.5, 0.6) is 0 Å². The molecule has 1 amide bonds. The van der Waals surface area contributed by atoms with Crippen LogP contribution in [0.15, 0.2) is 30.6 Å². The first-order chi connectivity index (χ1) is 10.3. The number of carbonyl (C=O) groups excluding carboxylic acids is 1. The topological polar surface area (TPSA) is 92.8 Å². The largest absolute Gasteiger partial charge is 0.449 e. The highest BCUT2D eigenvalue weighted by Gasteiger charge is 2.16. The highest BCUT2D eigenvalue weighted by Crippen LogP contribution is 2.18. The Balaban J connectivity index is 2.20. The molecule has 0 radical (unpaired) electrons. The highest BCUT2D eigenvalue weighted by atomic mass is 16.5. The molecule has 0 bridgehead atoms. The molecule has 0 aliphatic heterocycles. The van der Waals surface area contributed by atoms with Crippen LogP contribution < -0.4 is 5.32 Å². The van der Waals surface area contributed by atoms with Crippen molar-refractivity contribution < 1.29 is 9.53 Å². The monoisotopic (exact) mass is 285 g/mol. The third-order valence-electron chi connectivity index (χ3n) is 2.71. The normalized spacial score (nSPS) is 9.90. The summed E-state index contributed by atoms with van der Waals surface area (Å²) in [7, 11) is 0. The molecule has 0 aliphatic rings. The Bertz CT molecular complexity index is 645. The van der Waals surface area contributed by atoms with E-state index in [0.717, 1.165) is 12.8 Å². The van der Waals surface area contributed by atoms with Crippen LogP contribution in [-0.4, -0.2) is 27.5 Å². The Morgan fingerprint density at radius 2 is 2.38 bits per heavy atom. The molecule has 0 fully saturated rings. The second-order valence-electron chi connectivity index (χ2n) is 4.23.